The molecule has 0 bridgehead atoms. The average Bonchev–Trinajstić information content (AvgIpc) is 2.83. The number of halogens is 5. The van der Waals surface area contributed by atoms with Gasteiger partial charge in [-0.05, 0) is 48.2 Å². The number of ether oxygens (including phenoxy) is 2. The average molecular weight is 538 g/mol. The van der Waals surface area contributed by atoms with E-state index in [0.29, 0.717) is 41.9 Å². The number of esters is 1. The summed E-state index contributed by atoms with van der Waals surface area (Å²) in [5.41, 5.74) is 1.54. The smallest absolute Gasteiger partial charge is 0.328 e. The molecule has 0 aliphatic carbocycles. The van der Waals surface area contributed by atoms with Crippen molar-refractivity contribution in [1.82, 2.24) is 5.32 Å². The second-order valence-electron chi connectivity index (χ2n) is 8.13. The molecule has 36 heavy (non-hydrogen) atoms. The van der Waals surface area contributed by atoms with Crippen molar-refractivity contribution in [2.75, 3.05) is 13.7 Å². The van der Waals surface area contributed by atoms with Gasteiger partial charge in [-0.1, -0.05) is 41.4 Å². The molecule has 188 valence electrons. The van der Waals surface area contributed by atoms with Crippen LogP contribution in [0.2, 0.25) is 10.0 Å². The normalized spacial score (nSPS) is 13.4. The highest BCUT2D eigenvalue weighted by Crippen LogP contribution is 2.44. The summed E-state index contributed by atoms with van der Waals surface area (Å²) in [5.74, 6) is -4.10. The van der Waals surface area contributed by atoms with E-state index >= 15 is 0 Å². The number of benzene rings is 3. The molecule has 0 fully saturated rings. The third kappa shape index (κ3) is 5.15. The van der Waals surface area contributed by atoms with Crippen molar-refractivity contribution >= 4 is 35.1 Å². The van der Waals surface area contributed by atoms with Gasteiger partial charge >= 0.3 is 5.97 Å². The summed E-state index contributed by atoms with van der Waals surface area (Å²) in [6.45, 7) is 0.420. The van der Waals surface area contributed by atoms with E-state index in [0.717, 1.165) is 43.0 Å². The lowest BCUT2D eigenvalue weighted by atomic mass is 9.90. The first-order chi connectivity index (χ1) is 17.2. The van der Waals surface area contributed by atoms with Gasteiger partial charge in [0.1, 0.15) is 34.8 Å². The van der Waals surface area contributed by atoms with Crippen LogP contribution in [-0.4, -0.2) is 31.6 Å². The lowest BCUT2D eigenvalue weighted by Crippen LogP contribution is -2.43. The number of hydrogen-bond donors (Lipinski definition) is 1. The molecule has 1 amide bonds. The van der Waals surface area contributed by atoms with Crippen LogP contribution in [0, 0.1) is 17.5 Å². The summed E-state index contributed by atoms with van der Waals surface area (Å²) < 4.78 is 52.7. The van der Waals surface area contributed by atoms with E-state index in [-0.39, 0.29) is 16.5 Å². The summed E-state index contributed by atoms with van der Waals surface area (Å²) in [7, 11) is 1.14. The molecule has 5 nitrogen and oxygen atoms in total. The van der Waals surface area contributed by atoms with Crippen LogP contribution in [0.5, 0.6) is 5.75 Å². The predicted octanol–water partition coefficient (Wildman–Crippen LogP) is 5.92. The zero-order valence-corrected chi connectivity index (χ0v) is 20.5. The molecule has 3 aromatic rings. The van der Waals surface area contributed by atoms with Crippen molar-refractivity contribution in [3.8, 4) is 16.9 Å². The van der Waals surface area contributed by atoms with E-state index in [2.05, 4.69) is 5.32 Å². The van der Waals surface area contributed by atoms with Gasteiger partial charge < -0.3 is 14.8 Å². The molecular formula is C26H20Cl2F3NO4. The Bertz CT molecular complexity index is 1310. The van der Waals surface area contributed by atoms with Gasteiger partial charge in [0, 0.05) is 17.5 Å². The highest BCUT2D eigenvalue weighted by atomic mass is 35.5. The number of rotatable bonds is 6. The summed E-state index contributed by atoms with van der Waals surface area (Å²) in [4.78, 5) is 25.2. The summed E-state index contributed by atoms with van der Waals surface area (Å²) in [6.07, 6.45) is 1.23. The number of carbonyl (C=O) groups excluding carboxylic acids is 2. The molecule has 0 unspecified atom stereocenters. The minimum atomic E-state index is -1.24. The van der Waals surface area contributed by atoms with Crippen molar-refractivity contribution in [2.45, 2.75) is 25.3 Å². The maximum Gasteiger partial charge on any atom is 0.328 e. The van der Waals surface area contributed by atoms with E-state index in [4.69, 9.17) is 32.7 Å². The zero-order valence-electron chi connectivity index (χ0n) is 19.0. The molecule has 3 aromatic carbocycles. The Balaban J connectivity index is 1.71. The largest absolute Gasteiger partial charge is 0.493 e. The van der Waals surface area contributed by atoms with Crippen LogP contribution in [0.4, 0.5) is 13.2 Å². The molecule has 1 atom stereocenters. The highest BCUT2D eigenvalue weighted by molar-refractivity contribution is 6.39. The van der Waals surface area contributed by atoms with Crippen molar-refractivity contribution in [1.29, 1.82) is 0 Å². The van der Waals surface area contributed by atoms with Crippen molar-refractivity contribution in [3.63, 3.8) is 0 Å². The Morgan fingerprint density at radius 1 is 1.08 bits per heavy atom. The van der Waals surface area contributed by atoms with Crippen LogP contribution in [0.3, 0.4) is 0 Å². The third-order valence-electron chi connectivity index (χ3n) is 5.86. The van der Waals surface area contributed by atoms with Gasteiger partial charge in [-0.2, -0.15) is 0 Å². The number of hydrogen-bond acceptors (Lipinski definition) is 4. The van der Waals surface area contributed by atoms with Crippen LogP contribution in [0.25, 0.3) is 11.1 Å². The Hall–Kier alpha value is -3.23. The second-order valence-corrected chi connectivity index (χ2v) is 8.94. The fraction of sp³-hybridized carbons (Fsp3) is 0.231. The maximum atomic E-state index is 14.1. The van der Waals surface area contributed by atoms with Crippen LogP contribution in [0.15, 0.2) is 42.5 Å². The lowest BCUT2D eigenvalue weighted by molar-refractivity contribution is -0.142. The van der Waals surface area contributed by atoms with Crippen LogP contribution >= 0.6 is 23.2 Å². The molecule has 0 aromatic heterocycles. The van der Waals surface area contributed by atoms with Gasteiger partial charge in [-0.3, -0.25) is 4.79 Å². The van der Waals surface area contributed by atoms with Crippen LogP contribution in [-0.2, 0) is 22.4 Å². The maximum absolute atomic E-state index is 14.1. The monoisotopic (exact) mass is 537 g/mol. The first kappa shape index (κ1) is 25.9. The van der Waals surface area contributed by atoms with Crippen molar-refractivity contribution in [3.05, 3.63) is 86.7 Å². The van der Waals surface area contributed by atoms with E-state index < -0.39 is 40.9 Å². The summed E-state index contributed by atoms with van der Waals surface area (Å²) in [5, 5.41) is 2.59. The molecule has 1 aliphatic rings. The van der Waals surface area contributed by atoms with Crippen LogP contribution < -0.4 is 10.1 Å². The topological polar surface area (TPSA) is 64.6 Å². The Labute approximate surface area is 215 Å². The Kier molecular flexibility index (Phi) is 7.76. The number of fused-ring (bicyclic) bond motifs is 1. The number of methoxy groups -OCH3 is 1. The Morgan fingerprint density at radius 2 is 1.75 bits per heavy atom. The number of amides is 1. The number of carbonyl (C=O) groups is 2. The Morgan fingerprint density at radius 3 is 2.39 bits per heavy atom. The fourth-order valence-electron chi connectivity index (χ4n) is 4.22. The molecule has 1 N–H and O–H groups in total. The van der Waals surface area contributed by atoms with E-state index in [1.54, 1.807) is 12.1 Å². The molecule has 1 aliphatic heterocycles. The SMILES string of the molecule is COC(=O)[C@H](Cc1ccc(-c2c(Cl)cc(F)cc2Cl)c2c1CCCO2)NC(=O)c1c(F)cccc1F. The first-order valence-electron chi connectivity index (χ1n) is 11.0. The second kappa shape index (κ2) is 10.8. The zero-order chi connectivity index (χ0) is 26.0. The van der Waals surface area contributed by atoms with Crippen LogP contribution in [0.1, 0.15) is 27.9 Å². The molecule has 4 rings (SSSR count). The van der Waals surface area contributed by atoms with Gasteiger partial charge in [0.2, 0.25) is 0 Å². The van der Waals surface area contributed by atoms with E-state index in [1.165, 1.54) is 0 Å². The standard InChI is InChI=1S/C26H20Cl2F3NO4/c1-35-26(34)21(32-25(33)23-19(30)5-2-6-20(23)31)10-13-7-8-16(24-15(13)4-3-9-36-24)22-17(27)11-14(29)12-18(22)28/h2,5-8,11-12,21H,3-4,9-10H2,1H3,(H,32,33)/t21-/m0/s1. The molecule has 10 heteroatoms. The molecular weight excluding hydrogens is 518 g/mol. The van der Waals surface area contributed by atoms with Crippen molar-refractivity contribution < 1.29 is 32.2 Å². The minimum absolute atomic E-state index is 0.0364. The lowest BCUT2D eigenvalue weighted by Gasteiger charge is -2.26. The predicted molar refractivity (Wildman–Crippen MR) is 129 cm³/mol. The molecule has 1 heterocycles. The summed E-state index contributed by atoms with van der Waals surface area (Å²) in [6, 6.07) is 7.48. The first-order valence-corrected chi connectivity index (χ1v) is 11.7. The quantitative estimate of drug-likeness (QED) is 0.396. The summed E-state index contributed by atoms with van der Waals surface area (Å²) >= 11 is 12.6. The number of nitrogens with one attached hydrogen (secondary N) is 1. The van der Waals surface area contributed by atoms with Crippen molar-refractivity contribution in [2.24, 2.45) is 0 Å². The third-order valence-corrected chi connectivity index (χ3v) is 6.45. The molecule has 0 saturated carbocycles. The molecule has 0 saturated heterocycles. The minimum Gasteiger partial charge on any atom is -0.493 e. The molecule has 0 radical (unpaired) electrons. The van der Waals surface area contributed by atoms with E-state index in [9.17, 15) is 22.8 Å². The van der Waals surface area contributed by atoms with Gasteiger partial charge in [-0.25, -0.2) is 18.0 Å². The van der Waals surface area contributed by atoms with Gasteiger partial charge in [0.15, 0.2) is 0 Å². The van der Waals surface area contributed by atoms with Gasteiger partial charge in [0.05, 0.1) is 23.8 Å². The van der Waals surface area contributed by atoms with Gasteiger partial charge in [0.25, 0.3) is 5.91 Å². The van der Waals surface area contributed by atoms with E-state index in [1.807, 2.05) is 0 Å². The van der Waals surface area contributed by atoms with Gasteiger partial charge in [-0.15, -0.1) is 0 Å². The highest BCUT2D eigenvalue weighted by Gasteiger charge is 2.29. The molecule has 0 spiro atoms. The fourth-order valence-corrected chi connectivity index (χ4v) is 4.88.